The predicted molar refractivity (Wildman–Crippen MR) is 78.7 cm³/mol. The number of carbonyl (C=O) groups excluding carboxylic acids is 1. The minimum Gasteiger partial charge on any atom is -0.478 e. The number of carbonyl (C=O) groups is 2. The van der Waals surface area contributed by atoms with E-state index < -0.39 is 12.0 Å². The zero-order valence-electron chi connectivity index (χ0n) is 11.5. The normalized spacial score (nSPS) is 12.0. The minimum absolute atomic E-state index is 0.0357. The van der Waals surface area contributed by atoms with Gasteiger partial charge in [-0.2, -0.15) is 5.10 Å². The van der Waals surface area contributed by atoms with Gasteiger partial charge in [-0.1, -0.05) is 17.7 Å². The molecule has 1 heterocycles. The van der Waals surface area contributed by atoms with E-state index >= 15 is 0 Å². The summed E-state index contributed by atoms with van der Waals surface area (Å²) in [4.78, 5) is 23.0. The number of aromatic nitrogens is 2. The highest BCUT2D eigenvalue weighted by Crippen LogP contribution is 2.23. The number of nitrogens with one attached hydrogen (secondary N) is 1. The summed E-state index contributed by atoms with van der Waals surface area (Å²) in [6.07, 6.45) is 2.52. The predicted octanol–water partition coefficient (Wildman–Crippen LogP) is 2.74. The fraction of sp³-hybridized carbons (Fsp3) is 0.214. The van der Waals surface area contributed by atoms with Gasteiger partial charge < -0.3 is 10.4 Å². The van der Waals surface area contributed by atoms with Crippen LogP contribution in [0.2, 0.25) is 5.02 Å². The Hall–Kier alpha value is -2.34. The standard InChI is InChI=1S/C14H14ClN3O3/c1-8-11(15)4-3-5-12(8)17-13(19)9(2)18-7-10(6-16-18)14(20)21/h3-7,9H,1-2H3,(H,17,19)(H,20,21). The third-order valence-corrected chi connectivity index (χ3v) is 3.56. The monoisotopic (exact) mass is 307 g/mol. The van der Waals surface area contributed by atoms with Gasteiger partial charge in [0.15, 0.2) is 0 Å². The molecule has 1 amide bonds. The fourth-order valence-corrected chi connectivity index (χ4v) is 1.94. The maximum Gasteiger partial charge on any atom is 0.338 e. The zero-order valence-corrected chi connectivity index (χ0v) is 12.3. The van der Waals surface area contributed by atoms with Crippen molar-refractivity contribution in [3.8, 4) is 0 Å². The van der Waals surface area contributed by atoms with Gasteiger partial charge in [-0.3, -0.25) is 9.48 Å². The van der Waals surface area contributed by atoms with Crippen molar-refractivity contribution in [2.24, 2.45) is 0 Å². The molecule has 2 N–H and O–H groups in total. The average Bonchev–Trinajstić information content (AvgIpc) is 2.93. The quantitative estimate of drug-likeness (QED) is 0.909. The molecule has 0 fully saturated rings. The van der Waals surface area contributed by atoms with Gasteiger partial charge in [-0.25, -0.2) is 4.79 Å². The Morgan fingerprint density at radius 2 is 2.14 bits per heavy atom. The third kappa shape index (κ3) is 3.22. The lowest BCUT2D eigenvalue weighted by Gasteiger charge is -2.14. The van der Waals surface area contributed by atoms with E-state index in [2.05, 4.69) is 10.4 Å². The molecule has 0 aliphatic heterocycles. The second-order valence-corrected chi connectivity index (χ2v) is 5.00. The van der Waals surface area contributed by atoms with Gasteiger partial charge in [-0.05, 0) is 31.5 Å². The van der Waals surface area contributed by atoms with Crippen LogP contribution < -0.4 is 5.32 Å². The number of carboxylic acids is 1. The molecule has 1 unspecified atom stereocenters. The minimum atomic E-state index is -1.08. The average molecular weight is 308 g/mol. The van der Waals surface area contributed by atoms with Crippen LogP contribution in [0.1, 0.15) is 28.9 Å². The van der Waals surface area contributed by atoms with E-state index in [0.717, 1.165) is 5.56 Å². The summed E-state index contributed by atoms with van der Waals surface area (Å²) < 4.78 is 1.30. The van der Waals surface area contributed by atoms with Gasteiger partial charge in [0.2, 0.25) is 5.91 Å². The first-order valence-corrected chi connectivity index (χ1v) is 6.61. The van der Waals surface area contributed by atoms with E-state index in [1.54, 1.807) is 32.0 Å². The number of anilines is 1. The Morgan fingerprint density at radius 1 is 1.43 bits per heavy atom. The van der Waals surface area contributed by atoms with Crippen molar-refractivity contribution in [3.63, 3.8) is 0 Å². The van der Waals surface area contributed by atoms with Gasteiger partial charge >= 0.3 is 5.97 Å². The van der Waals surface area contributed by atoms with Gasteiger partial charge in [-0.15, -0.1) is 0 Å². The second-order valence-electron chi connectivity index (χ2n) is 4.59. The maximum absolute atomic E-state index is 12.2. The van der Waals surface area contributed by atoms with Crippen LogP contribution in [-0.4, -0.2) is 26.8 Å². The molecule has 2 aromatic rings. The fourth-order valence-electron chi connectivity index (χ4n) is 1.76. The highest BCUT2D eigenvalue weighted by atomic mass is 35.5. The van der Waals surface area contributed by atoms with Crippen molar-refractivity contribution >= 4 is 29.2 Å². The first-order valence-electron chi connectivity index (χ1n) is 6.23. The molecule has 0 aliphatic rings. The highest BCUT2D eigenvalue weighted by Gasteiger charge is 2.18. The molecule has 21 heavy (non-hydrogen) atoms. The van der Waals surface area contributed by atoms with Crippen LogP contribution in [0.3, 0.4) is 0 Å². The van der Waals surface area contributed by atoms with E-state index in [9.17, 15) is 9.59 Å². The van der Waals surface area contributed by atoms with Gasteiger partial charge in [0.25, 0.3) is 0 Å². The third-order valence-electron chi connectivity index (χ3n) is 3.15. The molecular formula is C14H14ClN3O3. The molecule has 0 saturated carbocycles. The molecule has 0 saturated heterocycles. The Kier molecular flexibility index (Phi) is 4.28. The summed E-state index contributed by atoms with van der Waals surface area (Å²) in [5, 5.41) is 16.1. The molecule has 1 aromatic heterocycles. The van der Waals surface area contributed by atoms with Gasteiger partial charge in [0.05, 0.1) is 11.8 Å². The zero-order chi connectivity index (χ0) is 15.6. The highest BCUT2D eigenvalue weighted by molar-refractivity contribution is 6.31. The first-order chi connectivity index (χ1) is 9.90. The maximum atomic E-state index is 12.2. The lowest BCUT2D eigenvalue weighted by atomic mass is 10.2. The number of nitrogens with zero attached hydrogens (tertiary/aromatic N) is 2. The van der Waals surface area contributed by atoms with Crippen LogP contribution in [0, 0.1) is 6.92 Å². The van der Waals surface area contributed by atoms with Crippen LogP contribution in [0.25, 0.3) is 0 Å². The van der Waals surface area contributed by atoms with E-state index in [0.29, 0.717) is 10.7 Å². The molecule has 6 nitrogen and oxygen atoms in total. The molecule has 110 valence electrons. The summed E-state index contributed by atoms with van der Waals surface area (Å²) in [5.41, 5.74) is 1.42. The topological polar surface area (TPSA) is 84.2 Å². The Labute approximate surface area is 126 Å². The smallest absolute Gasteiger partial charge is 0.338 e. The largest absolute Gasteiger partial charge is 0.478 e. The molecule has 7 heteroatoms. The van der Waals surface area contributed by atoms with Crippen LogP contribution in [0.5, 0.6) is 0 Å². The number of benzene rings is 1. The number of carboxylic acid groups (broad SMARTS) is 1. The van der Waals surface area contributed by atoms with Crippen LogP contribution in [0.15, 0.2) is 30.6 Å². The number of hydrogen-bond donors (Lipinski definition) is 2. The summed E-state index contributed by atoms with van der Waals surface area (Å²) in [6, 6.07) is 4.59. The summed E-state index contributed by atoms with van der Waals surface area (Å²) in [7, 11) is 0. The number of rotatable bonds is 4. The molecule has 0 aliphatic carbocycles. The number of hydrogen-bond acceptors (Lipinski definition) is 3. The van der Waals surface area contributed by atoms with Crippen molar-refractivity contribution in [3.05, 3.63) is 46.7 Å². The van der Waals surface area contributed by atoms with Crippen molar-refractivity contribution in [2.75, 3.05) is 5.32 Å². The van der Waals surface area contributed by atoms with Crippen molar-refractivity contribution in [2.45, 2.75) is 19.9 Å². The molecule has 0 bridgehead atoms. The molecule has 1 aromatic carbocycles. The van der Waals surface area contributed by atoms with Gasteiger partial charge in [0, 0.05) is 16.9 Å². The van der Waals surface area contributed by atoms with E-state index in [-0.39, 0.29) is 11.5 Å². The molecule has 1 atom stereocenters. The number of halogens is 1. The molecular weight excluding hydrogens is 294 g/mol. The Morgan fingerprint density at radius 3 is 2.76 bits per heavy atom. The van der Waals surface area contributed by atoms with Crippen LogP contribution >= 0.6 is 11.6 Å². The number of aromatic carboxylic acids is 1. The van der Waals surface area contributed by atoms with Gasteiger partial charge in [0.1, 0.15) is 6.04 Å². The summed E-state index contributed by atoms with van der Waals surface area (Å²) >= 11 is 6.00. The molecule has 2 rings (SSSR count). The van der Waals surface area contributed by atoms with Crippen LogP contribution in [-0.2, 0) is 4.79 Å². The van der Waals surface area contributed by atoms with Crippen molar-refractivity contribution in [1.82, 2.24) is 9.78 Å². The van der Waals surface area contributed by atoms with Crippen molar-refractivity contribution in [1.29, 1.82) is 0 Å². The van der Waals surface area contributed by atoms with E-state index in [4.69, 9.17) is 16.7 Å². The van der Waals surface area contributed by atoms with Crippen molar-refractivity contribution < 1.29 is 14.7 Å². The lowest BCUT2D eigenvalue weighted by molar-refractivity contribution is -0.119. The summed E-state index contributed by atoms with van der Waals surface area (Å²) in [6.45, 7) is 3.44. The van der Waals surface area contributed by atoms with E-state index in [1.807, 2.05) is 0 Å². The van der Waals surface area contributed by atoms with Crippen LogP contribution in [0.4, 0.5) is 5.69 Å². The van der Waals surface area contributed by atoms with E-state index in [1.165, 1.54) is 17.1 Å². The molecule has 0 spiro atoms. The molecule has 0 radical (unpaired) electrons. The number of amides is 1. The SMILES string of the molecule is Cc1c(Cl)cccc1NC(=O)C(C)n1cc(C(=O)O)cn1. The Balaban J connectivity index is 2.15. The Bertz CT molecular complexity index is 697. The second kappa shape index (κ2) is 5.97. The lowest BCUT2D eigenvalue weighted by Crippen LogP contribution is -2.24. The first kappa shape index (κ1) is 15.1. The summed E-state index contributed by atoms with van der Waals surface area (Å²) in [5.74, 6) is -1.39.